The molecule has 2 aromatic carbocycles. The SMILES string of the molecule is CCNC(=NCc1ccc(-n2cccn2)cc1)NCc1coc(-c2ccc(C)cc2)n1.I. The second-order valence-electron chi connectivity index (χ2n) is 7.18. The zero-order valence-corrected chi connectivity index (χ0v) is 20.5. The molecule has 0 unspecified atom stereocenters. The first-order valence-corrected chi connectivity index (χ1v) is 10.3. The van der Waals surface area contributed by atoms with Crippen molar-refractivity contribution in [1.29, 1.82) is 0 Å². The molecule has 0 saturated carbocycles. The van der Waals surface area contributed by atoms with E-state index in [0.29, 0.717) is 19.0 Å². The normalized spacial score (nSPS) is 11.1. The van der Waals surface area contributed by atoms with Gasteiger partial charge in [-0.15, -0.1) is 24.0 Å². The molecular formula is C24H27IN6O. The minimum absolute atomic E-state index is 0. The topological polar surface area (TPSA) is 80.3 Å². The predicted octanol–water partition coefficient (Wildman–Crippen LogP) is 4.71. The van der Waals surface area contributed by atoms with Crippen molar-refractivity contribution in [3.63, 3.8) is 0 Å². The molecular weight excluding hydrogens is 515 g/mol. The zero-order chi connectivity index (χ0) is 21.5. The molecule has 32 heavy (non-hydrogen) atoms. The Bertz CT molecular complexity index is 1120. The lowest BCUT2D eigenvalue weighted by Gasteiger charge is -2.10. The van der Waals surface area contributed by atoms with Crippen LogP contribution in [-0.2, 0) is 13.1 Å². The third-order valence-electron chi connectivity index (χ3n) is 4.76. The fraction of sp³-hybridized carbons (Fsp3) is 0.208. The summed E-state index contributed by atoms with van der Waals surface area (Å²) >= 11 is 0. The third-order valence-corrected chi connectivity index (χ3v) is 4.76. The summed E-state index contributed by atoms with van der Waals surface area (Å²) in [6.45, 7) is 5.98. The van der Waals surface area contributed by atoms with Gasteiger partial charge in [-0.1, -0.05) is 29.8 Å². The molecule has 8 heteroatoms. The van der Waals surface area contributed by atoms with Crippen molar-refractivity contribution in [3.8, 4) is 17.1 Å². The molecule has 0 radical (unpaired) electrons. The fourth-order valence-electron chi connectivity index (χ4n) is 3.08. The molecule has 0 spiro atoms. The van der Waals surface area contributed by atoms with Crippen molar-refractivity contribution in [2.45, 2.75) is 26.9 Å². The van der Waals surface area contributed by atoms with E-state index in [9.17, 15) is 0 Å². The van der Waals surface area contributed by atoms with Gasteiger partial charge in [0.05, 0.1) is 24.5 Å². The summed E-state index contributed by atoms with van der Waals surface area (Å²) in [5.41, 5.74) is 5.15. The second-order valence-corrected chi connectivity index (χ2v) is 7.18. The maximum atomic E-state index is 5.64. The highest BCUT2D eigenvalue weighted by Gasteiger charge is 2.07. The van der Waals surface area contributed by atoms with E-state index in [1.54, 1.807) is 12.5 Å². The molecule has 166 valence electrons. The van der Waals surface area contributed by atoms with E-state index in [1.807, 2.05) is 48.1 Å². The highest BCUT2D eigenvalue weighted by molar-refractivity contribution is 14.0. The van der Waals surface area contributed by atoms with Gasteiger partial charge in [0.25, 0.3) is 0 Å². The number of hydrogen-bond acceptors (Lipinski definition) is 4. The zero-order valence-electron chi connectivity index (χ0n) is 18.2. The molecule has 0 amide bonds. The van der Waals surface area contributed by atoms with Crippen LogP contribution in [0.3, 0.4) is 0 Å². The third kappa shape index (κ3) is 6.19. The Kier molecular flexibility index (Phi) is 8.43. The molecule has 7 nitrogen and oxygen atoms in total. The van der Waals surface area contributed by atoms with Crippen LogP contribution >= 0.6 is 24.0 Å². The minimum Gasteiger partial charge on any atom is -0.444 e. The van der Waals surface area contributed by atoms with Gasteiger partial charge in [0.15, 0.2) is 5.96 Å². The van der Waals surface area contributed by atoms with Crippen molar-refractivity contribution in [2.75, 3.05) is 6.54 Å². The summed E-state index contributed by atoms with van der Waals surface area (Å²) in [7, 11) is 0. The second kappa shape index (κ2) is 11.5. The number of hydrogen-bond donors (Lipinski definition) is 2. The molecule has 2 N–H and O–H groups in total. The standard InChI is InChI=1S/C24H26N6O.HI/c1-3-25-24(26-15-19-7-11-22(12-8-19)30-14-4-13-28-30)27-16-21-17-31-23(29-21)20-9-5-18(2)6-10-20;/h4-14,17H,3,15-16H2,1-2H3,(H2,25,26,27);1H. The summed E-state index contributed by atoms with van der Waals surface area (Å²) in [5, 5.41) is 10.8. The molecule has 0 atom stereocenters. The number of nitrogens with zero attached hydrogens (tertiary/aromatic N) is 4. The van der Waals surface area contributed by atoms with Crippen LogP contribution in [0, 0.1) is 6.92 Å². The van der Waals surface area contributed by atoms with Crippen molar-refractivity contribution in [3.05, 3.63) is 90.1 Å². The molecule has 0 aliphatic carbocycles. The number of aryl methyl sites for hydroxylation is 1. The average Bonchev–Trinajstić information content (AvgIpc) is 3.49. The molecule has 0 bridgehead atoms. The van der Waals surface area contributed by atoms with Crippen molar-refractivity contribution >= 4 is 29.9 Å². The number of nitrogens with one attached hydrogen (secondary N) is 2. The Morgan fingerprint density at radius 2 is 1.84 bits per heavy atom. The first kappa shape index (κ1) is 23.5. The molecule has 2 aromatic heterocycles. The van der Waals surface area contributed by atoms with Gasteiger partial charge in [-0.3, -0.25) is 0 Å². The van der Waals surface area contributed by atoms with E-state index in [2.05, 4.69) is 56.9 Å². The maximum Gasteiger partial charge on any atom is 0.226 e. The number of halogens is 1. The van der Waals surface area contributed by atoms with Crippen LogP contribution in [0.2, 0.25) is 0 Å². The summed E-state index contributed by atoms with van der Waals surface area (Å²) in [4.78, 5) is 9.25. The Morgan fingerprint density at radius 3 is 2.53 bits per heavy atom. The van der Waals surface area contributed by atoms with Crippen LogP contribution in [-0.4, -0.2) is 27.3 Å². The highest BCUT2D eigenvalue weighted by atomic mass is 127. The molecule has 4 rings (SSSR count). The van der Waals surface area contributed by atoms with E-state index in [4.69, 9.17) is 4.42 Å². The van der Waals surface area contributed by atoms with Crippen molar-refractivity contribution < 1.29 is 4.42 Å². The van der Waals surface area contributed by atoms with E-state index < -0.39 is 0 Å². The van der Waals surface area contributed by atoms with E-state index in [-0.39, 0.29) is 24.0 Å². The van der Waals surface area contributed by atoms with Gasteiger partial charge in [-0.05, 0) is 49.7 Å². The lowest BCUT2D eigenvalue weighted by atomic mass is 10.1. The van der Waals surface area contributed by atoms with Gasteiger partial charge < -0.3 is 15.1 Å². The van der Waals surface area contributed by atoms with E-state index in [1.165, 1.54) is 5.56 Å². The highest BCUT2D eigenvalue weighted by Crippen LogP contribution is 2.19. The Labute approximate surface area is 205 Å². The Morgan fingerprint density at radius 1 is 1.06 bits per heavy atom. The smallest absolute Gasteiger partial charge is 0.226 e. The van der Waals surface area contributed by atoms with E-state index >= 15 is 0 Å². The molecule has 0 fully saturated rings. The van der Waals surface area contributed by atoms with Crippen LogP contribution in [0.25, 0.3) is 17.1 Å². The monoisotopic (exact) mass is 542 g/mol. The van der Waals surface area contributed by atoms with Crippen molar-refractivity contribution in [1.82, 2.24) is 25.4 Å². The number of rotatable bonds is 7. The van der Waals surface area contributed by atoms with Crippen LogP contribution in [0.5, 0.6) is 0 Å². The Balaban J connectivity index is 0.00000289. The van der Waals surface area contributed by atoms with Crippen LogP contribution < -0.4 is 10.6 Å². The first-order chi connectivity index (χ1) is 15.2. The van der Waals surface area contributed by atoms with Gasteiger partial charge in [0.1, 0.15) is 6.26 Å². The molecule has 0 aliphatic heterocycles. The molecule has 2 heterocycles. The quantitative estimate of drug-likeness (QED) is 0.201. The average molecular weight is 542 g/mol. The predicted molar refractivity (Wildman–Crippen MR) is 137 cm³/mol. The van der Waals surface area contributed by atoms with Crippen molar-refractivity contribution in [2.24, 2.45) is 4.99 Å². The number of guanidine groups is 1. The van der Waals surface area contributed by atoms with Gasteiger partial charge in [-0.2, -0.15) is 5.10 Å². The summed E-state index contributed by atoms with van der Waals surface area (Å²) in [6.07, 6.45) is 5.37. The lowest BCUT2D eigenvalue weighted by molar-refractivity contribution is 0.572. The minimum atomic E-state index is 0. The van der Waals surface area contributed by atoms with Crippen LogP contribution in [0.4, 0.5) is 0 Å². The number of aliphatic imine (C=N–C) groups is 1. The van der Waals surface area contributed by atoms with Crippen LogP contribution in [0.15, 0.2) is 82.7 Å². The first-order valence-electron chi connectivity index (χ1n) is 10.3. The van der Waals surface area contributed by atoms with Gasteiger partial charge in [0.2, 0.25) is 5.89 Å². The van der Waals surface area contributed by atoms with Gasteiger partial charge in [0, 0.05) is 24.5 Å². The number of oxazole rings is 1. The van der Waals surface area contributed by atoms with Gasteiger partial charge in [-0.25, -0.2) is 14.7 Å². The lowest BCUT2D eigenvalue weighted by Crippen LogP contribution is -2.36. The van der Waals surface area contributed by atoms with Gasteiger partial charge >= 0.3 is 0 Å². The maximum absolute atomic E-state index is 5.64. The number of benzene rings is 2. The largest absolute Gasteiger partial charge is 0.444 e. The summed E-state index contributed by atoms with van der Waals surface area (Å²) in [6, 6.07) is 18.3. The fourth-order valence-corrected chi connectivity index (χ4v) is 3.08. The Hall–Kier alpha value is -3.14. The molecule has 0 aliphatic rings. The summed E-state index contributed by atoms with van der Waals surface area (Å²) < 4.78 is 7.47. The van der Waals surface area contributed by atoms with E-state index in [0.717, 1.165) is 35.0 Å². The number of aromatic nitrogens is 3. The molecule has 0 saturated heterocycles. The molecule has 4 aromatic rings. The summed E-state index contributed by atoms with van der Waals surface area (Å²) in [5.74, 6) is 1.36. The van der Waals surface area contributed by atoms with Crippen LogP contribution in [0.1, 0.15) is 23.7 Å².